The second kappa shape index (κ2) is 7.96. The molecule has 1 atom stereocenters. The van der Waals surface area contributed by atoms with E-state index in [1.807, 2.05) is 6.92 Å². The monoisotopic (exact) mass is 348 g/mol. The minimum absolute atomic E-state index is 0.0298. The van der Waals surface area contributed by atoms with Crippen LogP contribution in [0.1, 0.15) is 37.4 Å². The van der Waals surface area contributed by atoms with Crippen molar-refractivity contribution in [3.8, 4) is 0 Å². The SMILES string of the molecule is CCN1CCCN(C(=O)N[C@H](C)c2ccc(C)c([N+](=O)[O-])c2)CC1=O. The number of nitro groups is 1. The summed E-state index contributed by atoms with van der Waals surface area (Å²) in [5.74, 6) is -0.0613. The van der Waals surface area contributed by atoms with Gasteiger partial charge in [-0.25, -0.2) is 4.79 Å². The fourth-order valence-corrected chi connectivity index (χ4v) is 2.88. The van der Waals surface area contributed by atoms with Gasteiger partial charge in [0.2, 0.25) is 5.91 Å². The average Bonchev–Trinajstić information content (AvgIpc) is 2.76. The quantitative estimate of drug-likeness (QED) is 0.666. The molecule has 1 fully saturated rings. The van der Waals surface area contributed by atoms with E-state index in [2.05, 4.69) is 5.32 Å². The summed E-state index contributed by atoms with van der Waals surface area (Å²) in [7, 11) is 0. The number of amides is 3. The van der Waals surface area contributed by atoms with Crippen molar-refractivity contribution >= 4 is 17.6 Å². The van der Waals surface area contributed by atoms with Crippen LogP contribution < -0.4 is 5.32 Å². The Bertz CT molecular complexity index is 677. The standard InChI is InChI=1S/C17H24N4O4/c1-4-19-8-5-9-20(11-16(19)22)17(23)18-13(3)14-7-6-12(2)15(10-14)21(24)25/h6-7,10,13H,4-5,8-9,11H2,1-3H3,(H,18,23)/t13-/m1/s1. The van der Waals surface area contributed by atoms with Gasteiger partial charge in [0.25, 0.3) is 5.69 Å². The van der Waals surface area contributed by atoms with Crippen molar-refractivity contribution in [2.45, 2.75) is 33.2 Å². The Kier molecular flexibility index (Phi) is 5.95. The van der Waals surface area contributed by atoms with Crippen LogP contribution in [0.5, 0.6) is 0 Å². The van der Waals surface area contributed by atoms with Crippen molar-refractivity contribution in [1.82, 2.24) is 15.1 Å². The zero-order valence-electron chi connectivity index (χ0n) is 14.8. The van der Waals surface area contributed by atoms with Crippen LogP contribution >= 0.6 is 0 Å². The van der Waals surface area contributed by atoms with Gasteiger partial charge in [-0.3, -0.25) is 14.9 Å². The summed E-state index contributed by atoms with van der Waals surface area (Å²) in [4.78, 5) is 38.4. The van der Waals surface area contributed by atoms with Crippen LogP contribution in [0.15, 0.2) is 18.2 Å². The van der Waals surface area contributed by atoms with Crippen molar-refractivity contribution in [1.29, 1.82) is 0 Å². The van der Waals surface area contributed by atoms with Crippen molar-refractivity contribution in [2.24, 2.45) is 0 Å². The first-order valence-electron chi connectivity index (χ1n) is 8.41. The lowest BCUT2D eigenvalue weighted by Gasteiger charge is -2.23. The highest BCUT2D eigenvalue weighted by atomic mass is 16.6. The van der Waals surface area contributed by atoms with E-state index in [1.165, 1.54) is 11.0 Å². The molecule has 0 unspecified atom stereocenters. The van der Waals surface area contributed by atoms with Gasteiger partial charge in [-0.05, 0) is 32.8 Å². The maximum Gasteiger partial charge on any atom is 0.318 e. The molecule has 0 saturated carbocycles. The van der Waals surface area contributed by atoms with Gasteiger partial charge in [0.15, 0.2) is 0 Å². The average molecular weight is 348 g/mol. The van der Waals surface area contributed by atoms with Gasteiger partial charge in [-0.1, -0.05) is 12.1 Å². The van der Waals surface area contributed by atoms with E-state index >= 15 is 0 Å². The highest BCUT2D eigenvalue weighted by Crippen LogP contribution is 2.23. The molecule has 0 spiro atoms. The predicted octanol–water partition coefficient (Wildman–Crippen LogP) is 2.23. The summed E-state index contributed by atoms with van der Waals surface area (Å²) in [5.41, 5.74) is 1.26. The van der Waals surface area contributed by atoms with Crippen LogP contribution in [0.4, 0.5) is 10.5 Å². The Morgan fingerprint density at radius 2 is 2.12 bits per heavy atom. The van der Waals surface area contributed by atoms with Crippen molar-refractivity contribution < 1.29 is 14.5 Å². The third-order valence-electron chi connectivity index (χ3n) is 4.47. The van der Waals surface area contributed by atoms with Crippen LogP contribution in [0.25, 0.3) is 0 Å². The van der Waals surface area contributed by atoms with Crippen molar-refractivity contribution in [3.05, 3.63) is 39.4 Å². The Labute approximate surface area is 146 Å². The largest absolute Gasteiger partial charge is 0.341 e. The van der Waals surface area contributed by atoms with Crippen LogP contribution in [0.2, 0.25) is 0 Å². The number of hydrogen-bond acceptors (Lipinski definition) is 4. The molecule has 0 aromatic heterocycles. The van der Waals surface area contributed by atoms with Gasteiger partial charge < -0.3 is 15.1 Å². The van der Waals surface area contributed by atoms with Gasteiger partial charge in [-0.2, -0.15) is 0 Å². The lowest BCUT2D eigenvalue weighted by molar-refractivity contribution is -0.385. The predicted molar refractivity (Wildman–Crippen MR) is 93.2 cm³/mol. The molecule has 2 rings (SSSR count). The number of carbonyl (C=O) groups is 2. The molecule has 1 aliphatic rings. The van der Waals surface area contributed by atoms with E-state index in [9.17, 15) is 19.7 Å². The molecule has 1 saturated heterocycles. The normalized spacial score (nSPS) is 16.4. The van der Waals surface area contributed by atoms with Gasteiger partial charge in [0, 0.05) is 31.3 Å². The summed E-state index contributed by atoms with van der Waals surface area (Å²) < 4.78 is 0. The molecule has 1 heterocycles. The molecule has 0 aliphatic carbocycles. The van der Waals surface area contributed by atoms with E-state index in [0.29, 0.717) is 30.8 Å². The van der Waals surface area contributed by atoms with Gasteiger partial charge in [-0.15, -0.1) is 0 Å². The molecule has 1 aliphatic heterocycles. The topological polar surface area (TPSA) is 95.8 Å². The van der Waals surface area contributed by atoms with Crippen molar-refractivity contribution in [3.63, 3.8) is 0 Å². The molecule has 136 valence electrons. The third-order valence-corrected chi connectivity index (χ3v) is 4.47. The molecule has 8 heteroatoms. The van der Waals surface area contributed by atoms with Gasteiger partial charge >= 0.3 is 6.03 Å². The lowest BCUT2D eigenvalue weighted by Crippen LogP contribution is -2.44. The summed E-state index contributed by atoms with van der Waals surface area (Å²) >= 11 is 0. The Balaban J connectivity index is 2.06. The number of carbonyl (C=O) groups excluding carboxylic acids is 2. The smallest absolute Gasteiger partial charge is 0.318 e. The number of benzene rings is 1. The fraction of sp³-hybridized carbons (Fsp3) is 0.529. The first kappa shape index (κ1) is 18.7. The van der Waals surface area contributed by atoms with Crippen LogP contribution in [-0.2, 0) is 4.79 Å². The van der Waals surface area contributed by atoms with Crippen LogP contribution in [-0.4, -0.2) is 52.8 Å². The Morgan fingerprint density at radius 3 is 2.76 bits per heavy atom. The summed E-state index contributed by atoms with van der Waals surface area (Å²) in [6.07, 6.45) is 0.734. The summed E-state index contributed by atoms with van der Waals surface area (Å²) in [5, 5.41) is 13.9. The van der Waals surface area contributed by atoms with Crippen LogP contribution in [0.3, 0.4) is 0 Å². The number of hydrogen-bond donors (Lipinski definition) is 1. The highest BCUT2D eigenvalue weighted by Gasteiger charge is 2.25. The Hall–Kier alpha value is -2.64. The van der Waals surface area contributed by atoms with Crippen molar-refractivity contribution in [2.75, 3.05) is 26.2 Å². The van der Waals surface area contributed by atoms with Gasteiger partial charge in [0.05, 0.1) is 11.0 Å². The molecule has 1 N–H and O–H groups in total. The lowest BCUT2D eigenvalue weighted by atomic mass is 10.0. The minimum Gasteiger partial charge on any atom is -0.341 e. The maximum absolute atomic E-state index is 12.5. The number of likely N-dealkylation sites (N-methyl/N-ethyl adjacent to an activating group) is 1. The van der Waals surface area contributed by atoms with E-state index < -0.39 is 11.0 Å². The molecule has 1 aromatic rings. The second-order valence-corrected chi connectivity index (χ2v) is 6.22. The number of nitro benzene ring substituents is 1. The molecule has 3 amide bonds. The summed E-state index contributed by atoms with van der Waals surface area (Å²) in [6.45, 7) is 7.21. The van der Waals surface area contributed by atoms with E-state index in [4.69, 9.17) is 0 Å². The minimum atomic E-state index is -0.430. The van der Waals surface area contributed by atoms with Gasteiger partial charge in [0.1, 0.15) is 6.54 Å². The third kappa shape index (κ3) is 4.46. The zero-order valence-corrected chi connectivity index (χ0v) is 14.8. The number of urea groups is 1. The van der Waals surface area contributed by atoms with E-state index in [-0.39, 0.29) is 24.2 Å². The molecule has 25 heavy (non-hydrogen) atoms. The number of aryl methyl sites for hydroxylation is 1. The molecule has 8 nitrogen and oxygen atoms in total. The highest BCUT2D eigenvalue weighted by molar-refractivity contribution is 5.84. The fourth-order valence-electron chi connectivity index (χ4n) is 2.88. The second-order valence-electron chi connectivity index (χ2n) is 6.22. The summed E-state index contributed by atoms with van der Waals surface area (Å²) in [6, 6.07) is 4.19. The molecule has 0 bridgehead atoms. The molecular weight excluding hydrogens is 324 g/mol. The Morgan fingerprint density at radius 1 is 1.40 bits per heavy atom. The molecular formula is C17H24N4O4. The first-order chi connectivity index (χ1) is 11.8. The van der Waals surface area contributed by atoms with E-state index in [1.54, 1.807) is 30.9 Å². The molecule has 0 radical (unpaired) electrons. The first-order valence-corrected chi connectivity index (χ1v) is 8.41. The van der Waals surface area contributed by atoms with Crippen LogP contribution in [0, 0.1) is 17.0 Å². The van der Waals surface area contributed by atoms with E-state index in [0.717, 1.165) is 6.42 Å². The molecule has 1 aromatic carbocycles. The number of rotatable bonds is 4. The zero-order chi connectivity index (χ0) is 18.6. The number of nitrogens with one attached hydrogen (secondary N) is 1. The number of nitrogens with zero attached hydrogens (tertiary/aromatic N) is 3. The maximum atomic E-state index is 12.5.